The number of aryl methyl sites for hydroxylation is 1. The molecule has 1 N–H and O–H groups in total. The zero-order valence-corrected chi connectivity index (χ0v) is 15.2. The van der Waals surface area contributed by atoms with Crippen LogP contribution >= 0.6 is 11.6 Å². The fraction of sp³-hybridized carbons (Fsp3) is 0.550. The molecular formula is C20H26ClN3. The fourth-order valence-electron chi connectivity index (χ4n) is 4.22. The molecule has 24 heavy (non-hydrogen) atoms. The van der Waals surface area contributed by atoms with Crippen LogP contribution in [0.1, 0.15) is 67.7 Å². The van der Waals surface area contributed by atoms with Crippen LogP contribution in [0.5, 0.6) is 0 Å². The van der Waals surface area contributed by atoms with Gasteiger partial charge in [0.25, 0.3) is 0 Å². The minimum absolute atomic E-state index is 0.633. The zero-order valence-electron chi connectivity index (χ0n) is 14.4. The number of halogens is 1. The standard InChI is InChI=1S/C20H26ClN3/c1-14-10-11-16(21)13-18(14)24-20-17(9-5-6-12-22-20)19(23-24)15-7-3-2-4-8-15/h10-11,13,15,22H,2-9,12H2,1H3. The van der Waals surface area contributed by atoms with Gasteiger partial charge in [0.1, 0.15) is 5.82 Å². The zero-order chi connectivity index (χ0) is 16.5. The molecule has 1 aliphatic carbocycles. The number of benzene rings is 1. The van der Waals surface area contributed by atoms with Crippen molar-refractivity contribution < 1.29 is 0 Å². The van der Waals surface area contributed by atoms with Crippen molar-refractivity contribution in [3.05, 3.63) is 40.0 Å². The van der Waals surface area contributed by atoms with Crippen LogP contribution in [-0.4, -0.2) is 16.3 Å². The van der Waals surface area contributed by atoms with Gasteiger partial charge in [0.2, 0.25) is 0 Å². The Bertz CT molecular complexity index is 729. The van der Waals surface area contributed by atoms with E-state index in [1.165, 1.54) is 67.6 Å². The Labute approximate surface area is 149 Å². The molecule has 0 atom stereocenters. The maximum Gasteiger partial charge on any atom is 0.133 e. The molecule has 1 aliphatic heterocycles. The quantitative estimate of drug-likeness (QED) is 0.765. The summed E-state index contributed by atoms with van der Waals surface area (Å²) < 4.78 is 2.13. The smallest absolute Gasteiger partial charge is 0.133 e. The summed E-state index contributed by atoms with van der Waals surface area (Å²) in [5.41, 5.74) is 5.12. The molecule has 4 rings (SSSR count). The van der Waals surface area contributed by atoms with E-state index in [0.717, 1.165) is 23.7 Å². The molecule has 128 valence electrons. The maximum atomic E-state index is 6.28. The van der Waals surface area contributed by atoms with Gasteiger partial charge in [-0.3, -0.25) is 0 Å². The molecule has 0 saturated heterocycles. The van der Waals surface area contributed by atoms with Gasteiger partial charge in [0.15, 0.2) is 0 Å². The number of hydrogen-bond acceptors (Lipinski definition) is 2. The number of nitrogens with one attached hydrogen (secondary N) is 1. The number of rotatable bonds is 2. The Morgan fingerprint density at radius 3 is 2.79 bits per heavy atom. The summed E-state index contributed by atoms with van der Waals surface area (Å²) >= 11 is 6.28. The van der Waals surface area contributed by atoms with Crippen LogP contribution in [0, 0.1) is 6.92 Å². The molecule has 4 heteroatoms. The first-order chi connectivity index (χ1) is 11.7. The molecule has 0 spiro atoms. The molecule has 1 fully saturated rings. The lowest BCUT2D eigenvalue weighted by atomic mass is 9.85. The maximum absolute atomic E-state index is 6.28. The predicted octanol–water partition coefficient (Wildman–Crippen LogP) is 5.63. The predicted molar refractivity (Wildman–Crippen MR) is 101 cm³/mol. The molecule has 2 aromatic rings. The highest BCUT2D eigenvalue weighted by Gasteiger charge is 2.27. The summed E-state index contributed by atoms with van der Waals surface area (Å²) in [6.07, 6.45) is 10.3. The van der Waals surface area contributed by atoms with E-state index in [-0.39, 0.29) is 0 Å². The van der Waals surface area contributed by atoms with E-state index >= 15 is 0 Å². The van der Waals surface area contributed by atoms with Crippen LogP contribution in [0.15, 0.2) is 18.2 Å². The minimum atomic E-state index is 0.633. The lowest BCUT2D eigenvalue weighted by molar-refractivity contribution is 0.432. The third kappa shape index (κ3) is 2.95. The first kappa shape index (κ1) is 16.0. The lowest BCUT2D eigenvalue weighted by Crippen LogP contribution is -2.09. The molecule has 0 unspecified atom stereocenters. The highest BCUT2D eigenvalue weighted by atomic mass is 35.5. The molecule has 1 aromatic carbocycles. The normalized spacial score (nSPS) is 18.8. The van der Waals surface area contributed by atoms with Crippen molar-refractivity contribution in [2.45, 2.75) is 64.2 Å². The third-order valence-corrected chi connectivity index (χ3v) is 5.79. The van der Waals surface area contributed by atoms with Gasteiger partial charge in [0.05, 0.1) is 11.4 Å². The Balaban J connectivity index is 1.84. The van der Waals surface area contributed by atoms with E-state index < -0.39 is 0 Å². The molecule has 0 radical (unpaired) electrons. The highest BCUT2D eigenvalue weighted by molar-refractivity contribution is 6.30. The van der Waals surface area contributed by atoms with Crippen LogP contribution in [0.4, 0.5) is 5.82 Å². The number of fused-ring (bicyclic) bond motifs is 1. The topological polar surface area (TPSA) is 29.9 Å². The number of aromatic nitrogens is 2. The van der Waals surface area contributed by atoms with E-state index in [1.807, 2.05) is 12.1 Å². The van der Waals surface area contributed by atoms with Gasteiger partial charge in [-0.2, -0.15) is 5.10 Å². The van der Waals surface area contributed by atoms with Crippen LogP contribution < -0.4 is 5.32 Å². The second-order valence-electron chi connectivity index (χ2n) is 7.27. The Kier molecular flexibility index (Phi) is 4.53. The van der Waals surface area contributed by atoms with Crippen molar-refractivity contribution in [3.63, 3.8) is 0 Å². The molecule has 2 heterocycles. The van der Waals surface area contributed by atoms with Crippen molar-refractivity contribution >= 4 is 17.4 Å². The van der Waals surface area contributed by atoms with Crippen molar-refractivity contribution in [2.75, 3.05) is 11.9 Å². The van der Waals surface area contributed by atoms with Crippen LogP contribution in [0.3, 0.4) is 0 Å². The molecular weight excluding hydrogens is 318 g/mol. The van der Waals surface area contributed by atoms with E-state index in [4.69, 9.17) is 16.7 Å². The van der Waals surface area contributed by atoms with E-state index in [1.54, 1.807) is 0 Å². The first-order valence-corrected chi connectivity index (χ1v) is 9.74. The lowest BCUT2D eigenvalue weighted by Gasteiger charge is -2.20. The summed E-state index contributed by atoms with van der Waals surface area (Å²) in [5.74, 6) is 1.84. The average molecular weight is 344 g/mol. The summed E-state index contributed by atoms with van der Waals surface area (Å²) in [6.45, 7) is 3.17. The molecule has 1 aromatic heterocycles. The van der Waals surface area contributed by atoms with Crippen LogP contribution in [-0.2, 0) is 6.42 Å². The molecule has 2 aliphatic rings. The molecule has 3 nitrogen and oxygen atoms in total. The fourth-order valence-corrected chi connectivity index (χ4v) is 4.38. The summed E-state index contributed by atoms with van der Waals surface area (Å²) in [7, 11) is 0. The van der Waals surface area contributed by atoms with Crippen molar-refractivity contribution in [1.82, 2.24) is 9.78 Å². The second-order valence-corrected chi connectivity index (χ2v) is 7.71. The van der Waals surface area contributed by atoms with Crippen molar-refractivity contribution in [2.24, 2.45) is 0 Å². The van der Waals surface area contributed by atoms with Gasteiger partial charge in [-0.25, -0.2) is 4.68 Å². The number of anilines is 1. The third-order valence-electron chi connectivity index (χ3n) is 5.55. The Hall–Kier alpha value is -1.48. The Morgan fingerprint density at radius 1 is 1.12 bits per heavy atom. The SMILES string of the molecule is Cc1ccc(Cl)cc1-n1nc(C2CCCCC2)c2c1NCCCC2. The number of hydrogen-bond donors (Lipinski definition) is 1. The van der Waals surface area contributed by atoms with Gasteiger partial charge in [0, 0.05) is 23.0 Å². The summed E-state index contributed by atoms with van der Waals surface area (Å²) in [6, 6.07) is 6.09. The summed E-state index contributed by atoms with van der Waals surface area (Å²) in [5, 5.41) is 9.55. The first-order valence-electron chi connectivity index (χ1n) is 9.36. The average Bonchev–Trinajstić information content (AvgIpc) is 2.79. The molecule has 0 amide bonds. The second kappa shape index (κ2) is 6.79. The van der Waals surface area contributed by atoms with Crippen molar-refractivity contribution in [3.8, 4) is 5.69 Å². The van der Waals surface area contributed by atoms with E-state index in [9.17, 15) is 0 Å². The Morgan fingerprint density at radius 2 is 1.96 bits per heavy atom. The van der Waals surface area contributed by atoms with E-state index in [2.05, 4.69) is 23.0 Å². The van der Waals surface area contributed by atoms with Gasteiger partial charge in [-0.1, -0.05) is 36.9 Å². The van der Waals surface area contributed by atoms with Gasteiger partial charge < -0.3 is 5.32 Å². The van der Waals surface area contributed by atoms with Gasteiger partial charge in [-0.05, 0) is 56.7 Å². The molecule has 0 bridgehead atoms. The van der Waals surface area contributed by atoms with Crippen LogP contribution in [0.2, 0.25) is 5.02 Å². The molecule has 1 saturated carbocycles. The summed E-state index contributed by atoms with van der Waals surface area (Å²) in [4.78, 5) is 0. The van der Waals surface area contributed by atoms with E-state index in [0.29, 0.717) is 5.92 Å². The minimum Gasteiger partial charge on any atom is -0.370 e. The largest absolute Gasteiger partial charge is 0.370 e. The van der Waals surface area contributed by atoms with Gasteiger partial charge >= 0.3 is 0 Å². The van der Waals surface area contributed by atoms with Crippen molar-refractivity contribution in [1.29, 1.82) is 0 Å². The highest BCUT2D eigenvalue weighted by Crippen LogP contribution is 2.39. The van der Waals surface area contributed by atoms with Crippen LogP contribution in [0.25, 0.3) is 5.69 Å². The van der Waals surface area contributed by atoms with Gasteiger partial charge in [-0.15, -0.1) is 0 Å². The monoisotopic (exact) mass is 343 g/mol. The number of nitrogens with zero attached hydrogens (tertiary/aromatic N) is 2.